The zero-order chi connectivity index (χ0) is 29.7. The molecular formula is C31H38N4O5S. The van der Waals surface area contributed by atoms with E-state index in [-0.39, 0.29) is 32.0 Å². The second-order valence-electron chi connectivity index (χ2n) is 11.5. The lowest BCUT2D eigenvalue weighted by atomic mass is 9.85. The Morgan fingerprint density at radius 2 is 1.88 bits per heavy atom. The Morgan fingerprint density at radius 1 is 1.15 bits per heavy atom. The minimum Gasteiger partial charge on any atom is -0.484 e. The number of carbonyl (C=O) groups excluding carboxylic acids is 3. The van der Waals surface area contributed by atoms with E-state index in [4.69, 9.17) is 4.74 Å². The van der Waals surface area contributed by atoms with Crippen LogP contribution in [0.2, 0.25) is 0 Å². The lowest BCUT2D eigenvalue weighted by Gasteiger charge is -2.35. The van der Waals surface area contributed by atoms with Gasteiger partial charge in [0.2, 0.25) is 11.8 Å². The van der Waals surface area contributed by atoms with Gasteiger partial charge in [0.25, 0.3) is 5.91 Å². The van der Waals surface area contributed by atoms with E-state index >= 15 is 0 Å². The molecule has 0 radical (unpaired) electrons. The number of nitrogens with zero attached hydrogens (tertiary/aromatic N) is 2. The number of β-amino-alcohol motifs (C(OH)–C–C–N with tert-alkyl or cyclic N) is 1. The van der Waals surface area contributed by atoms with Crippen molar-refractivity contribution in [1.82, 2.24) is 20.5 Å². The molecule has 1 aliphatic rings. The third kappa shape index (κ3) is 7.71. The molecular weight excluding hydrogens is 540 g/mol. The highest BCUT2D eigenvalue weighted by Crippen LogP contribution is 2.28. The normalized spacial score (nSPS) is 17.7. The number of amides is 3. The first-order chi connectivity index (χ1) is 19.4. The minimum atomic E-state index is -0.917. The summed E-state index contributed by atoms with van der Waals surface area (Å²) < 4.78 is 5.61. The van der Waals surface area contributed by atoms with Crippen molar-refractivity contribution in [1.29, 1.82) is 0 Å². The molecule has 3 atom stereocenters. The molecule has 1 aliphatic heterocycles. The number of aryl methyl sites for hydroxylation is 2. The van der Waals surface area contributed by atoms with Crippen molar-refractivity contribution in [2.24, 2.45) is 5.41 Å². The second-order valence-corrected chi connectivity index (χ2v) is 12.4. The quantitative estimate of drug-likeness (QED) is 0.357. The molecule has 3 amide bonds. The Labute approximate surface area is 244 Å². The number of ether oxygens (including phenoxy) is 1. The number of aliphatic hydroxyl groups excluding tert-OH is 1. The zero-order valence-corrected chi connectivity index (χ0v) is 25.0. The van der Waals surface area contributed by atoms with E-state index in [0.717, 1.165) is 27.3 Å². The van der Waals surface area contributed by atoms with Crippen LogP contribution in [-0.4, -0.2) is 64.1 Å². The fraction of sp³-hybridized carbons (Fsp3) is 0.419. The Hall–Kier alpha value is -3.76. The molecule has 0 saturated carbocycles. The third-order valence-corrected chi connectivity index (χ3v) is 8.05. The van der Waals surface area contributed by atoms with Crippen LogP contribution >= 0.6 is 11.3 Å². The highest BCUT2D eigenvalue weighted by Gasteiger charge is 2.44. The molecule has 3 N–H and O–H groups in total. The number of nitrogens with one attached hydrogen (secondary N) is 2. The van der Waals surface area contributed by atoms with E-state index in [9.17, 15) is 19.5 Å². The van der Waals surface area contributed by atoms with Crippen molar-refractivity contribution >= 4 is 29.1 Å². The summed E-state index contributed by atoms with van der Waals surface area (Å²) in [6.07, 6.45) is -0.708. The Kier molecular flexibility index (Phi) is 9.45. The third-order valence-electron chi connectivity index (χ3n) is 7.07. The van der Waals surface area contributed by atoms with E-state index in [1.165, 1.54) is 4.90 Å². The van der Waals surface area contributed by atoms with Crippen molar-refractivity contribution in [3.05, 3.63) is 70.9 Å². The average Bonchev–Trinajstić information content (AvgIpc) is 3.54. The van der Waals surface area contributed by atoms with E-state index in [1.807, 2.05) is 82.6 Å². The largest absolute Gasteiger partial charge is 0.484 e. The molecule has 3 aromatic rings. The van der Waals surface area contributed by atoms with Crippen LogP contribution in [0.15, 0.2) is 54.0 Å². The number of hydrogen-bond acceptors (Lipinski definition) is 7. The monoisotopic (exact) mass is 578 g/mol. The van der Waals surface area contributed by atoms with Gasteiger partial charge in [0.1, 0.15) is 17.8 Å². The van der Waals surface area contributed by atoms with Crippen LogP contribution in [0.4, 0.5) is 0 Å². The molecule has 9 nitrogen and oxygen atoms in total. The van der Waals surface area contributed by atoms with E-state index in [2.05, 4.69) is 15.6 Å². The van der Waals surface area contributed by atoms with Crippen LogP contribution in [0.25, 0.3) is 10.4 Å². The predicted molar refractivity (Wildman–Crippen MR) is 158 cm³/mol. The van der Waals surface area contributed by atoms with Crippen molar-refractivity contribution in [2.75, 3.05) is 13.2 Å². The number of aromatic nitrogens is 1. The zero-order valence-electron chi connectivity index (χ0n) is 24.1. The molecule has 41 heavy (non-hydrogen) atoms. The summed E-state index contributed by atoms with van der Waals surface area (Å²) in [6, 6.07) is 13.5. The van der Waals surface area contributed by atoms with Crippen LogP contribution < -0.4 is 15.4 Å². The number of rotatable bonds is 9. The van der Waals surface area contributed by atoms with Crippen LogP contribution in [0.5, 0.6) is 5.75 Å². The standard InChI is InChI=1S/C31H38N4O5S/c1-19-7-6-8-24(13-19)40-17-26(37)34-28(31(3,4)5)30(39)35-16-23(36)14-25(35)29(38)32-15-21-9-11-22(12-10-21)27-20(2)33-18-41-27/h6-13,18,23,25,28,36H,14-17H2,1-5H3,(H,32,38)(H,34,37)/t23-,25+,28?/m1/s1. The molecule has 1 fully saturated rings. The summed E-state index contributed by atoms with van der Waals surface area (Å²) in [7, 11) is 0. The molecule has 0 bridgehead atoms. The molecule has 0 aliphatic carbocycles. The maximum Gasteiger partial charge on any atom is 0.258 e. The van der Waals surface area contributed by atoms with Crippen LogP contribution in [-0.2, 0) is 20.9 Å². The Bertz CT molecular complexity index is 1380. The van der Waals surface area contributed by atoms with E-state index < -0.39 is 35.4 Å². The summed E-state index contributed by atoms with van der Waals surface area (Å²) in [5.74, 6) is -0.648. The van der Waals surface area contributed by atoms with Gasteiger partial charge >= 0.3 is 0 Å². The second kappa shape index (κ2) is 12.8. The molecule has 4 rings (SSSR count). The SMILES string of the molecule is Cc1cccc(OCC(=O)NC(C(=O)N2C[C@H](O)C[C@H]2C(=O)NCc2ccc(-c3scnc3C)cc2)C(C)(C)C)c1. The van der Waals surface area contributed by atoms with Gasteiger partial charge in [-0.3, -0.25) is 14.4 Å². The predicted octanol–water partition coefficient (Wildman–Crippen LogP) is 3.61. The van der Waals surface area contributed by atoms with Crippen LogP contribution in [0.1, 0.15) is 44.0 Å². The minimum absolute atomic E-state index is 0.0159. The maximum absolute atomic E-state index is 13.7. The smallest absolute Gasteiger partial charge is 0.258 e. The molecule has 10 heteroatoms. The number of aliphatic hydroxyl groups is 1. The highest BCUT2D eigenvalue weighted by molar-refractivity contribution is 7.13. The first kappa shape index (κ1) is 30.2. The first-order valence-electron chi connectivity index (χ1n) is 13.7. The number of likely N-dealkylation sites (tertiary alicyclic amines) is 1. The van der Waals surface area contributed by atoms with Gasteiger partial charge in [-0.15, -0.1) is 11.3 Å². The number of hydrogen-bond donors (Lipinski definition) is 3. The lowest BCUT2D eigenvalue weighted by molar-refractivity contribution is -0.144. The average molecular weight is 579 g/mol. The molecule has 2 heterocycles. The Morgan fingerprint density at radius 3 is 2.51 bits per heavy atom. The fourth-order valence-corrected chi connectivity index (χ4v) is 5.65. The van der Waals surface area contributed by atoms with Gasteiger partial charge in [0, 0.05) is 19.5 Å². The fourth-order valence-electron chi connectivity index (χ4n) is 4.84. The first-order valence-corrected chi connectivity index (χ1v) is 14.5. The van der Waals surface area contributed by atoms with Gasteiger partial charge in [-0.1, -0.05) is 57.2 Å². The molecule has 1 aromatic heterocycles. The number of thiazole rings is 1. The lowest BCUT2D eigenvalue weighted by Crippen LogP contribution is -2.58. The highest BCUT2D eigenvalue weighted by atomic mass is 32.1. The molecule has 2 aromatic carbocycles. The molecule has 1 saturated heterocycles. The summed E-state index contributed by atoms with van der Waals surface area (Å²) in [6.45, 7) is 9.48. The van der Waals surface area contributed by atoms with Gasteiger partial charge in [-0.05, 0) is 48.1 Å². The summed E-state index contributed by atoms with van der Waals surface area (Å²) in [4.78, 5) is 46.5. The molecule has 1 unspecified atom stereocenters. The maximum atomic E-state index is 13.7. The summed E-state index contributed by atoms with van der Waals surface area (Å²) in [5, 5.41) is 16.1. The number of benzene rings is 2. The molecule has 0 spiro atoms. The summed E-state index contributed by atoms with van der Waals surface area (Å²) in [5.41, 5.74) is 5.12. The Balaban J connectivity index is 1.38. The van der Waals surface area contributed by atoms with Gasteiger partial charge in [-0.2, -0.15) is 0 Å². The van der Waals surface area contributed by atoms with Crippen LogP contribution in [0.3, 0.4) is 0 Å². The van der Waals surface area contributed by atoms with Gasteiger partial charge < -0.3 is 25.4 Å². The number of carbonyl (C=O) groups is 3. The topological polar surface area (TPSA) is 121 Å². The van der Waals surface area contributed by atoms with Crippen molar-refractivity contribution in [3.8, 4) is 16.2 Å². The van der Waals surface area contributed by atoms with E-state index in [1.54, 1.807) is 17.4 Å². The van der Waals surface area contributed by atoms with Crippen molar-refractivity contribution < 1.29 is 24.2 Å². The van der Waals surface area contributed by atoms with Gasteiger partial charge in [-0.25, -0.2) is 4.98 Å². The molecule has 218 valence electrons. The van der Waals surface area contributed by atoms with E-state index in [0.29, 0.717) is 5.75 Å². The van der Waals surface area contributed by atoms with Gasteiger partial charge in [0.15, 0.2) is 6.61 Å². The van der Waals surface area contributed by atoms with Crippen molar-refractivity contribution in [3.63, 3.8) is 0 Å². The van der Waals surface area contributed by atoms with Crippen LogP contribution in [0, 0.1) is 19.3 Å². The summed E-state index contributed by atoms with van der Waals surface area (Å²) >= 11 is 1.58. The van der Waals surface area contributed by atoms with Gasteiger partial charge in [0.05, 0.1) is 22.2 Å². The van der Waals surface area contributed by atoms with Crippen molar-refractivity contribution in [2.45, 2.75) is 65.8 Å².